The van der Waals surface area contributed by atoms with Crippen molar-refractivity contribution in [2.45, 2.75) is 13.5 Å². The number of benzene rings is 3. The van der Waals surface area contributed by atoms with Crippen LogP contribution in [0.2, 0.25) is 5.02 Å². The van der Waals surface area contributed by atoms with Crippen LogP contribution in [0.1, 0.15) is 18.1 Å². The first-order valence-electron chi connectivity index (χ1n) is 10.7. The summed E-state index contributed by atoms with van der Waals surface area (Å²) < 4.78 is 29.9. The summed E-state index contributed by atoms with van der Waals surface area (Å²) in [6, 6.07) is 16.7. The van der Waals surface area contributed by atoms with Gasteiger partial charge in [-0.25, -0.2) is 9.38 Å². The van der Waals surface area contributed by atoms with Gasteiger partial charge in [0, 0.05) is 0 Å². The van der Waals surface area contributed by atoms with Crippen molar-refractivity contribution in [3.8, 4) is 17.2 Å². The van der Waals surface area contributed by atoms with Gasteiger partial charge in [0.25, 0.3) is 5.91 Å². The Morgan fingerprint density at radius 1 is 1.09 bits per heavy atom. The molecule has 3 aromatic carbocycles. The van der Waals surface area contributed by atoms with Gasteiger partial charge in [-0.15, -0.1) is 0 Å². The quantitative estimate of drug-likeness (QED) is 0.356. The minimum atomic E-state index is -0.315. The molecule has 1 N–H and O–H groups in total. The standard InChI is InChI=1S/C26H22ClFN2O4S/c1-3-33-22-13-17(12-21(27)24(22)34-15-16-4-6-18(28)7-5-16)14-23-25(31)30-26(35-23)29-19-8-10-20(32-2)11-9-19/h4-14H,3,15H2,1-2H3,(H,29,30,31)/b23-14+. The number of amides is 1. The number of amidine groups is 1. The highest BCUT2D eigenvalue weighted by Crippen LogP contribution is 2.39. The lowest BCUT2D eigenvalue weighted by Crippen LogP contribution is -2.19. The number of hydrogen-bond acceptors (Lipinski definition) is 6. The van der Waals surface area contributed by atoms with Gasteiger partial charge >= 0.3 is 0 Å². The molecule has 0 saturated carbocycles. The van der Waals surface area contributed by atoms with Crippen molar-refractivity contribution in [2.24, 2.45) is 4.99 Å². The van der Waals surface area contributed by atoms with E-state index in [1.54, 1.807) is 61.7 Å². The van der Waals surface area contributed by atoms with Crippen molar-refractivity contribution in [1.29, 1.82) is 0 Å². The largest absolute Gasteiger partial charge is 0.497 e. The molecule has 4 rings (SSSR count). The minimum absolute atomic E-state index is 0.198. The fraction of sp³-hybridized carbons (Fsp3) is 0.154. The van der Waals surface area contributed by atoms with Crippen LogP contribution in [0.15, 0.2) is 70.6 Å². The number of aliphatic imine (C=N–C) groups is 1. The highest BCUT2D eigenvalue weighted by atomic mass is 35.5. The van der Waals surface area contributed by atoms with Gasteiger partial charge in [-0.05, 0) is 84.4 Å². The van der Waals surface area contributed by atoms with Crippen LogP contribution in [0.5, 0.6) is 17.2 Å². The van der Waals surface area contributed by atoms with Gasteiger partial charge in [0.1, 0.15) is 18.2 Å². The summed E-state index contributed by atoms with van der Waals surface area (Å²) in [5, 5.41) is 3.58. The van der Waals surface area contributed by atoms with E-state index in [9.17, 15) is 9.18 Å². The van der Waals surface area contributed by atoms with E-state index in [1.165, 1.54) is 23.9 Å². The van der Waals surface area contributed by atoms with Crippen LogP contribution in [0, 0.1) is 5.82 Å². The molecule has 0 unspecified atom stereocenters. The van der Waals surface area contributed by atoms with Gasteiger partial charge in [0.05, 0.1) is 29.3 Å². The number of halogens is 2. The fourth-order valence-corrected chi connectivity index (χ4v) is 4.33. The summed E-state index contributed by atoms with van der Waals surface area (Å²) in [7, 11) is 1.60. The minimum Gasteiger partial charge on any atom is -0.497 e. The highest BCUT2D eigenvalue weighted by molar-refractivity contribution is 8.18. The van der Waals surface area contributed by atoms with E-state index in [1.807, 2.05) is 6.92 Å². The van der Waals surface area contributed by atoms with Gasteiger partial charge < -0.3 is 19.5 Å². The summed E-state index contributed by atoms with van der Waals surface area (Å²) in [6.07, 6.45) is 1.72. The Balaban J connectivity index is 1.53. The lowest BCUT2D eigenvalue weighted by molar-refractivity contribution is -0.115. The third kappa shape index (κ3) is 6.35. The lowest BCUT2D eigenvalue weighted by Gasteiger charge is -2.14. The summed E-state index contributed by atoms with van der Waals surface area (Å²) in [6.45, 7) is 2.45. The van der Waals surface area contributed by atoms with Crippen LogP contribution in [-0.2, 0) is 11.4 Å². The van der Waals surface area contributed by atoms with Gasteiger partial charge in [0.2, 0.25) is 0 Å². The molecule has 0 spiro atoms. The first-order chi connectivity index (χ1) is 16.9. The molecule has 1 aliphatic rings. The van der Waals surface area contributed by atoms with Gasteiger partial charge in [0.15, 0.2) is 16.7 Å². The van der Waals surface area contributed by atoms with Crippen LogP contribution in [0.4, 0.5) is 10.1 Å². The second-order valence-electron chi connectivity index (χ2n) is 7.36. The molecule has 1 aliphatic heterocycles. The molecule has 1 heterocycles. The molecule has 1 saturated heterocycles. The lowest BCUT2D eigenvalue weighted by atomic mass is 10.1. The summed E-state index contributed by atoms with van der Waals surface area (Å²) >= 11 is 7.74. The predicted octanol–water partition coefficient (Wildman–Crippen LogP) is 6.36. The molecular formula is C26H22ClFN2O4S. The third-order valence-electron chi connectivity index (χ3n) is 4.88. The van der Waals surface area contributed by atoms with Crippen molar-refractivity contribution in [1.82, 2.24) is 5.32 Å². The number of ether oxygens (including phenoxy) is 3. The smallest absolute Gasteiger partial charge is 0.264 e. The number of hydrogen-bond donors (Lipinski definition) is 1. The van der Waals surface area contributed by atoms with E-state index >= 15 is 0 Å². The predicted molar refractivity (Wildman–Crippen MR) is 137 cm³/mol. The molecule has 35 heavy (non-hydrogen) atoms. The SMILES string of the molecule is CCOc1cc(/C=C2/SC(=Nc3ccc(OC)cc3)NC2=O)cc(Cl)c1OCc1ccc(F)cc1. The number of thioether (sulfide) groups is 1. The van der Waals surface area contributed by atoms with Crippen LogP contribution in [0.25, 0.3) is 6.08 Å². The van der Waals surface area contributed by atoms with E-state index in [4.69, 9.17) is 25.8 Å². The van der Waals surface area contributed by atoms with Crippen molar-refractivity contribution in [3.05, 3.63) is 87.5 Å². The molecule has 180 valence electrons. The summed E-state index contributed by atoms with van der Waals surface area (Å²) in [5.74, 6) is 0.984. The average Bonchev–Trinajstić information content (AvgIpc) is 3.18. The van der Waals surface area contributed by atoms with E-state index in [2.05, 4.69) is 10.3 Å². The zero-order valence-corrected chi connectivity index (χ0v) is 20.6. The van der Waals surface area contributed by atoms with Crippen molar-refractivity contribution in [3.63, 3.8) is 0 Å². The molecule has 3 aromatic rings. The monoisotopic (exact) mass is 512 g/mol. The van der Waals surface area contributed by atoms with Crippen LogP contribution in [0.3, 0.4) is 0 Å². The molecule has 0 bridgehead atoms. The zero-order valence-electron chi connectivity index (χ0n) is 19.0. The first-order valence-corrected chi connectivity index (χ1v) is 11.9. The molecule has 1 fully saturated rings. The Hall–Kier alpha value is -3.49. The molecule has 0 aliphatic carbocycles. The van der Waals surface area contributed by atoms with Crippen LogP contribution < -0.4 is 19.5 Å². The Morgan fingerprint density at radius 2 is 1.83 bits per heavy atom. The van der Waals surface area contributed by atoms with Crippen molar-refractivity contribution < 1.29 is 23.4 Å². The second kappa shape index (κ2) is 11.3. The number of nitrogens with one attached hydrogen (secondary N) is 1. The molecule has 0 atom stereocenters. The van der Waals surface area contributed by atoms with Crippen LogP contribution in [-0.4, -0.2) is 24.8 Å². The normalized spacial score (nSPS) is 15.4. The summed E-state index contributed by atoms with van der Waals surface area (Å²) in [4.78, 5) is 17.4. The number of nitrogens with zero attached hydrogens (tertiary/aromatic N) is 1. The Kier molecular flexibility index (Phi) is 7.94. The molecule has 0 aromatic heterocycles. The van der Waals surface area contributed by atoms with Crippen molar-refractivity contribution in [2.75, 3.05) is 13.7 Å². The molecule has 9 heteroatoms. The van der Waals surface area contributed by atoms with E-state index in [0.29, 0.717) is 44.5 Å². The number of methoxy groups -OCH3 is 1. The fourth-order valence-electron chi connectivity index (χ4n) is 3.22. The highest BCUT2D eigenvalue weighted by Gasteiger charge is 2.24. The topological polar surface area (TPSA) is 69.2 Å². The Bertz CT molecular complexity index is 1280. The molecule has 6 nitrogen and oxygen atoms in total. The second-order valence-corrected chi connectivity index (χ2v) is 8.80. The van der Waals surface area contributed by atoms with E-state index in [0.717, 1.165) is 11.3 Å². The number of carbonyl (C=O) groups excluding carboxylic acids is 1. The average molecular weight is 513 g/mol. The summed E-state index contributed by atoms with van der Waals surface area (Å²) in [5.41, 5.74) is 2.16. The maximum atomic E-state index is 13.1. The Morgan fingerprint density at radius 3 is 2.51 bits per heavy atom. The maximum Gasteiger partial charge on any atom is 0.264 e. The van der Waals surface area contributed by atoms with E-state index in [-0.39, 0.29) is 18.3 Å². The molecule has 1 amide bonds. The molecular weight excluding hydrogens is 491 g/mol. The Labute approximate surface area is 211 Å². The van der Waals surface area contributed by atoms with Gasteiger partial charge in [-0.1, -0.05) is 23.7 Å². The van der Waals surface area contributed by atoms with E-state index < -0.39 is 0 Å². The number of carbonyl (C=O) groups is 1. The zero-order chi connectivity index (χ0) is 24.8. The van der Waals surface area contributed by atoms with Crippen LogP contribution >= 0.6 is 23.4 Å². The van der Waals surface area contributed by atoms with Gasteiger partial charge in [-0.2, -0.15) is 0 Å². The van der Waals surface area contributed by atoms with Crippen molar-refractivity contribution >= 4 is 46.2 Å². The third-order valence-corrected chi connectivity index (χ3v) is 6.07. The first kappa shape index (κ1) is 24.6. The van der Waals surface area contributed by atoms with Gasteiger partial charge in [-0.3, -0.25) is 4.79 Å². The number of rotatable bonds is 8. The maximum absolute atomic E-state index is 13.1. The molecule has 0 radical (unpaired) electrons.